The molecule has 1 aliphatic rings. The molecule has 12 heavy (non-hydrogen) atoms. The Morgan fingerprint density at radius 3 is 2.75 bits per heavy atom. The lowest BCUT2D eigenvalue weighted by Gasteiger charge is -2.18. The van der Waals surface area contributed by atoms with Gasteiger partial charge in [0.25, 0.3) is 0 Å². The van der Waals surface area contributed by atoms with Gasteiger partial charge in [-0.1, -0.05) is 19.1 Å². The summed E-state index contributed by atoms with van der Waals surface area (Å²) in [4.78, 5) is 10.7. The van der Waals surface area contributed by atoms with Crippen LogP contribution in [0.5, 0.6) is 0 Å². The average Bonchev–Trinajstić information content (AvgIpc) is 2.10. The molecular weight excluding hydrogens is 170 g/mol. The highest BCUT2D eigenvalue weighted by Gasteiger charge is 2.28. The van der Waals surface area contributed by atoms with Gasteiger partial charge in [0, 0.05) is 8.07 Å². The smallest absolute Gasteiger partial charge is 0.320 e. The van der Waals surface area contributed by atoms with Crippen LogP contribution in [0.2, 0.25) is 25.2 Å². The first-order valence-corrected chi connectivity index (χ1v) is 7.89. The zero-order chi connectivity index (χ0) is 9.19. The standard InChI is InChI=1S/C8H17NO2Si/c1-12(2)5-3-7(8(10)11)9-4-6-12/h7,9H,3-6H2,1-2H3,(H,10,11). The van der Waals surface area contributed by atoms with Crippen LogP contribution in [0.1, 0.15) is 6.42 Å². The van der Waals surface area contributed by atoms with Crippen LogP contribution < -0.4 is 5.32 Å². The third-order valence-corrected chi connectivity index (χ3v) is 5.85. The van der Waals surface area contributed by atoms with Crippen LogP contribution in [0.4, 0.5) is 0 Å². The Bertz CT molecular complexity index is 182. The number of carboxylic acids is 1. The van der Waals surface area contributed by atoms with Crippen LogP contribution in [0.25, 0.3) is 0 Å². The molecule has 0 saturated carbocycles. The van der Waals surface area contributed by atoms with Gasteiger partial charge in [-0.05, 0) is 19.0 Å². The molecule has 0 aliphatic carbocycles. The first kappa shape index (κ1) is 9.73. The van der Waals surface area contributed by atoms with Gasteiger partial charge in [-0.2, -0.15) is 0 Å². The van der Waals surface area contributed by atoms with Gasteiger partial charge in [-0.15, -0.1) is 0 Å². The van der Waals surface area contributed by atoms with Crippen LogP contribution in [-0.2, 0) is 4.79 Å². The van der Waals surface area contributed by atoms with Gasteiger partial charge in [0.05, 0.1) is 0 Å². The highest BCUT2D eigenvalue weighted by molar-refractivity contribution is 6.77. The zero-order valence-electron chi connectivity index (χ0n) is 7.76. The average molecular weight is 187 g/mol. The fourth-order valence-electron chi connectivity index (χ4n) is 1.56. The first-order valence-electron chi connectivity index (χ1n) is 4.47. The van der Waals surface area contributed by atoms with E-state index >= 15 is 0 Å². The lowest BCUT2D eigenvalue weighted by molar-refractivity contribution is -0.139. The Morgan fingerprint density at radius 1 is 1.50 bits per heavy atom. The van der Waals surface area contributed by atoms with E-state index in [4.69, 9.17) is 5.11 Å². The van der Waals surface area contributed by atoms with E-state index in [1.807, 2.05) is 0 Å². The first-order chi connectivity index (χ1) is 5.51. The van der Waals surface area contributed by atoms with Crippen LogP contribution in [0, 0.1) is 0 Å². The molecule has 0 aromatic carbocycles. The summed E-state index contributed by atoms with van der Waals surface area (Å²) in [6.07, 6.45) is 0.814. The molecule has 0 radical (unpaired) electrons. The maximum atomic E-state index is 10.7. The van der Waals surface area contributed by atoms with Gasteiger partial charge >= 0.3 is 5.97 Å². The minimum absolute atomic E-state index is 0.292. The van der Waals surface area contributed by atoms with Crippen molar-refractivity contribution >= 4 is 14.0 Å². The molecule has 4 heteroatoms. The largest absolute Gasteiger partial charge is 0.480 e. The van der Waals surface area contributed by atoms with E-state index in [1.54, 1.807) is 0 Å². The van der Waals surface area contributed by atoms with E-state index in [0.717, 1.165) is 19.0 Å². The molecule has 2 N–H and O–H groups in total. The summed E-state index contributed by atoms with van der Waals surface area (Å²) in [7, 11) is -1.05. The van der Waals surface area contributed by atoms with Crippen LogP contribution in [0.3, 0.4) is 0 Å². The predicted molar refractivity (Wildman–Crippen MR) is 51.1 cm³/mol. The van der Waals surface area contributed by atoms with Gasteiger partial charge in [-0.3, -0.25) is 4.79 Å². The number of carbonyl (C=O) groups is 1. The van der Waals surface area contributed by atoms with Crippen LogP contribution in [-0.4, -0.2) is 31.7 Å². The summed E-state index contributed by atoms with van der Waals surface area (Å²) in [5.41, 5.74) is 0. The molecule has 1 aliphatic heterocycles. The maximum Gasteiger partial charge on any atom is 0.320 e. The molecule has 0 aromatic heterocycles. The topological polar surface area (TPSA) is 49.3 Å². The molecule has 0 spiro atoms. The van der Waals surface area contributed by atoms with E-state index in [9.17, 15) is 4.79 Å². The van der Waals surface area contributed by atoms with E-state index < -0.39 is 14.0 Å². The predicted octanol–water partition coefficient (Wildman–Crippen LogP) is 1.14. The molecule has 0 aromatic rings. The summed E-state index contributed by atoms with van der Waals surface area (Å²) in [5.74, 6) is -0.693. The number of rotatable bonds is 1. The van der Waals surface area contributed by atoms with E-state index in [2.05, 4.69) is 18.4 Å². The third-order valence-electron chi connectivity index (χ3n) is 2.60. The van der Waals surface area contributed by atoms with Gasteiger partial charge in [0.1, 0.15) is 6.04 Å². The monoisotopic (exact) mass is 187 g/mol. The zero-order valence-corrected chi connectivity index (χ0v) is 8.76. The van der Waals surface area contributed by atoms with Crippen molar-refractivity contribution in [2.45, 2.75) is 37.6 Å². The molecule has 1 fully saturated rings. The number of hydrogen-bond donors (Lipinski definition) is 2. The molecule has 1 atom stereocenters. The Balaban J connectivity index is 2.50. The fourth-order valence-corrected chi connectivity index (χ4v) is 3.70. The van der Waals surface area contributed by atoms with E-state index in [1.165, 1.54) is 6.04 Å². The summed E-state index contributed by atoms with van der Waals surface area (Å²) in [5, 5.41) is 11.9. The van der Waals surface area contributed by atoms with Gasteiger partial charge in [0.2, 0.25) is 0 Å². The summed E-state index contributed by atoms with van der Waals surface area (Å²) < 4.78 is 0. The summed E-state index contributed by atoms with van der Waals surface area (Å²) >= 11 is 0. The molecule has 3 nitrogen and oxygen atoms in total. The van der Waals surface area contributed by atoms with Gasteiger partial charge < -0.3 is 10.4 Å². The Labute approximate surface area is 74.2 Å². The molecule has 1 heterocycles. The SMILES string of the molecule is C[Si]1(C)CCNC(C(=O)O)CC1. The van der Waals surface area contributed by atoms with Crippen molar-refractivity contribution in [1.29, 1.82) is 0 Å². The van der Waals surface area contributed by atoms with Crippen molar-refractivity contribution < 1.29 is 9.90 Å². The lowest BCUT2D eigenvalue weighted by atomic mass is 10.2. The van der Waals surface area contributed by atoms with Crippen molar-refractivity contribution in [3.05, 3.63) is 0 Å². The maximum absolute atomic E-state index is 10.7. The Morgan fingerprint density at radius 2 is 2.17 bits per heavy atom. The number of nitrogens with one attached hydrogen (secondary N) is 1. The molecule has 1 unspecified atom stereocenters. The van der Waals surface area contributed by atoms with Gasteiger partial charge in [-0.25, -0.2) is 0 Å². The lowest BCUT2D eigenvalue weighted by Crippen LogP contribution is -2.35. The second kappa shape index (κ2) is 3.58. The molecule has 70 valence electrons. The summed E-state index contributed by atoms with van der Waals surface area (Å²) in [6.45, 7) is 5.55. The molecule has 0 amide bonds. The van der Waals surface area contributed by atoms with Crippen molar-refractivity contribution in [2.75, 3.05) is 6.54 Å². The normalized spacial score (nSPS) is 29.3. The number of hydrogen-bond acceptors (Lipinski definition) is 2. The van der Waals surface area contributed by atoms with Crippen molar-refractivity contribution in [3.63, 3.8) is 0 Å². The fraction of sp³-hybridized carbons (Fsp3) is 0.875. The van der Waals surface area contributed by atoms with E-state index in [0.29, 0.717) is 0 Å². The second-order valence-corrected chi connectivity index (χ2v) is 9.63. The Hall–Kier alpha value is -0.353. The molecule has 1 rings (SSSR count). The quantitative estimate of drug-likeness (QED) is 0.605. The van der Waals surface area contributed by atoms with Gasteiger partial charge in [0.15, 0.2) is 0 Å². The number of aliphatic carboxylic acids is 1. The molecular formula is C8H17NO2Si. The third kappa shape index (κ3) is 2.60. The number of carboxylic acid groups (broad SMARTS) is 1. The second-order valence-electron chi connectivity index (χ2n) is 4.30. The highest BCUT2D eigenvalue weighted by Crippen LogP contribution is 2.21. The molecule has 0 bridgehead atoms. The van der Waals surface area contributed by atoms with Crippen LogP contribution >= 0.6 is 0 Å². The molecule has 1 saturated heterocycles. The Kier molecular flexibility index (Phi) is 2.90. The van der Waals surface area contributed by atoms with E-state index in [-0.39, 0.29) is 6.04 Å². The minimum Gasteiger partial charge on any atom is -0.480 e. The minimum atomic E-state index is -1.05. The van der Waals surface area contributed by atoms with Crippen molar-refractivity contribution in [1.82, 2.24) is 5.32 Å². The highest BCUT2D eigenvalue weighted by atomic mass is 28.3. The van der Waals surface area contributed by atoms with Crippen molar-refractivity contribution in [3.8, 4) is 0 Å². The summed E-state index contributed by atoms with van der Waals surface area (Å²) in [6, 6.07) is 2.05. The van der Waals surface area contributed by atoms with Crippen molar-refractivity contribution in [2.24, 2.45) is 0 Å². The van der Waals surface area contributed by atoms with Crippen LogP contribution in [0.15, 0.2) is 0 Å².